The number of esters is 1. The second-order valence-corrected chi connectivity index (χ2v) is 7.39. The molecule has 0 spiro atoms. The summed E-state index contributed by atoms with van der Waals surface area (Å²) < 4.78 is 5.36. The summed E-state index contributed by atoms with van der Waals surface area (Å²) in [5, 5.41) is 18.0. The van der Waals surface area contributed by atoms with Gasteiger partial charge in [0.1, 0.15) is 0 Å². The Hall–Kier alpha value is -4.86. The van der Waals surface area contributed by atoms with Crippen molar-refractivity contribution in [1.29, 1.82) is 0 Å². The number of nitro benzene ring substituents is 1. The van der Waals surface area contributed by atoms with Gasteiger partial charge in [-0.3, -0.25) is 19.7 Å². The number of para-hydroxylation sites is 1. The van der Waals surface area contributed by atoms with Crippen LogP contribution < -0.4 is 15.5 Å². The fourth-order valence-electron chi connectivity index (χ4n) is 3.00. The van der Waals surface area contributed by atoms with E-state index in [4.69, 9.17) is 4.74 Å². The van der Waals surface area contributed by atoms with Gasteiger partial charge in [-0.15, -0.1) is 0 Å². The van der Waals surface area contributed by atoms with Crippen LogP contribution >= 0.6 is 0 Å². The third kappa shape index (κ3) is 6.57. The van der Waals surface area contributed by atoms with Crippen LogP contribution in [0.1, 0.15) is 45.2 Å². The van der Waals surface area contributed by atoms with Gasteiger partial charge in [-0.25, -0.2) is 10.2 Å². The molecule has 178 valence electrons. The van der Waals surface area contributed by atoms with E-state index in [0.717, 1.165) is 11.8 Å². The van der Waals surface area contributed by atoms with Gasteiger partial charge in [0.25, 0.3) is 5.91 Å². The molecule has 0 saturated heterocycles. The van der Waals surface area contributed by atoms with E-state index < -0.39 is 22.5 Å². The van der Waals surface area contributed by atoms with Crippen molar-refractivity contribution in [2.45, 2.75) is 20.3 Å². The zero-order valence-corrected chi connectivity index (χ0v) is 19.0. The third-order valence-corrected chi connectivity index (χ3v) is 4.79. The average Bonchev–Trinajstić information content (AvgIpc) is 2.85. The number of aryl methyl sites for hydroxylation is 1. The van der Waals surface area contributed by atoms with E-state index in [1.807, 2.05) is 0 Å². The third-order valence-electron chi connectivity index (χ3n) is 4.79. The smallest absolute Gasteiger partial charge is 0.343 e. The zero-order chi connectivity index (χ0) is 25.4. The number of anilines is 1. The van der Waals surface area contributed by atoms with Gasteiger partial charge < -0.3 is 10.1 Å². The van der Waals surface area contributed by atoms with Crippen LogP contribution in [0.15, 0.2) is 71.8 Å². The van der Waals surface area contributed by atoms with Gasteiger partial charge in [0.15, 0.2) is 0 Å². The number of carbonyl (C=O) groups is 3. The number of benzene rings is 3. The molecule has 0 atom stereocenters. The van der Waals surface area contributed by atoms with Crippen LogP contribution in [-0.2, 0) is 4.79 Å². The highest BCUT2D eigenvalue weighted by molar-refractivity contribution is 5.97. The highest BCUT2D eigenvalue weighted by atomic mass is 16.6. The van der Waals surface area contributed by atoms with Gasteiger partial charge in [0.05, 0.1) is 16.7 Å². The molecule has 10 heteroatoms. The Kier molecular flexibility index (Phi) is 8.02. The number of hydrogen-bond acceptors (Lipinski definition) is 7. The highest BCUT2D eigenvalue weighted by Crippen LogP contribution is 2.30. The van der Waals surface area contributed by atoms with Crippen molar-refractivity contribution in [3.8, 4) is 5.75 Å². The first-order valence-electron chi connectivity index (χ1n) is 10.6. The number of rotatable bonds is 8. The van der Waals surface area contributed by atoms with E-state index in [0.29, 0.717) is 12.1 Å². The number of hydrazone groups is 1. The maximum Gasteiger partial charge on any atom is 0.343 e. The fraction of sp³-hybridized carbons (Fsp3) is 0.120. The second kappa shape index (κ2) is 11.3. The number of nitrogens with one attached hydrogen (secondary N) is 2. The van der Waals surface area contributed by atoms with Crippen molar-refractivity contribution in [2.24, 2.45) is 5.10 Å². The van der Waals surface area contributed by atoms with E-state index in [1.165, 1.54) is 36.4 Å². The quantitative estimate of drug-likeness (QED) is 0.165. The first-order valence-corrected chi connectivity index (χ1v) is 10.6. The van der Waals surface area contributed by atoms with Crippen molar-refractivity contribution in [3.05, 3.63) is 99.1 Å². The molecule has 0 aromatic heterocycles. The minimum atomic E-state index is -0.767. The van der Waals surface area contributed by atoms with Gasteiger partial charge in [-0.2, -0.15) is 5.10 Å². The molecule has 0 aliphatic carbocycles. The summed E-state index contributed by atoms with van der Waals surface area (Å²) >= 11 is 0. The maximum absolute atomic E-state index is 12.6. The van der Waals surface area contributed by atoms with Crippen molar-refractivity contribution in [1.82, 2.24) is 5.43 Å². The zero-order valence-electron chi connectivity index (χ0n) is 19.0. The fourth-order valence-corrected chi connectivity index (χ4v) is 3.00. The molecule has 0 radical (unpaired) electrons. The Morgan fingerprint density at radius 1 is 1.03 bits per heavy atom. The summed E-state index contributed by atoms with van der Waals surface area (Å²) in [7, 11) is 0. The number of nitro groups is 1. The highest BCUT2D eigenvalue weighted by Gasteiger charge is 2.22. The van der Waals surface area contributed by atoms with Gasteiger partial charge in [0.2, 0.25) is 11.7 Å². The minimum absolute atomic E-state index is 0.123. The summed E-state index contributed by atoms with van der Waals surface area (Å²) in [5.41, 5.74) is 3.91. The van der Waals surface area contributed by atoms with E-state index in [2.05, 4.69) is 15.8 Å². The first kappa shape index (κ1) is 24.8. The van der Waals surface area contributed by atoms with Crippen LogP contribution in [0.2, 0.25) is 0 Å². The van der Waals surface area contributed by atoms with Crippen molar-refractivity contribution in [3.63, 3.8) is 0 Å². The molecule has 10 nitrogen and oxygen atoms in total. The molecule has 0 unspecified atom stereocenters. The number of hydrogen-bond donors (Lipinski definition) is 2. The standard InChI is InChI=1S/C25H22N4O6/c1-3-22(30)27-20-12-10-17(11-13-20)24(31)28-26-15-19-8-5-9-21(29(33)34)23(19)35-25(32)18-7-4-6-16(2)14-18/h4-15H,3H2,1-2H3,(H,27,30)(H,28,31)/b26-15+. The van der Waals surface area contributed by atoms with Crippen LogP contribution in [0.3, 0.4) is 0 Å². The van der Waals surface area contributed by atoms with Gasteiger partial charge in [-0.1, -0.05) is 30.7 Å². The summed E-state index contributed by atoms with van der Waals surface area (Å²) in [6.07, 6.45) is 1.48. The summed E-state index contributed by atoms with van der Waals surface area (Å²) in [6.45, 7) is 3.53. The summed E-state index contributed by atoms with van der Waals surface area (Å²) in [4.78, 5) is 47.2. The monoisotopic (exact) mass is 474 g/mol. The normalized spacial score (nSPS) is 10.6. The molecule has 0 fully saturated rings. The van der Waals surface area contributed by atoms with Crippen LogP contribution in [0, 0.1) is 17.0 Å². The number of amides is 2. The molecule has 3 aromatic carbocycles. The molecule has 0 aliphatic rings. The Morgan fingerprint density at radius 2 is 1.74 bits per heavy atom. The van der Waals surface area contributed by atoms with Crippen molar-refractivity contribution < 1.29 is 24.0 Å². The van der Waals surface area contributed by atoms with E-state index in [1.54, 1.807) is 44.2 Å². The molecule has 35 heavy (non-hydrogen) atoms. The lowest BCUT2D eigenvalue weighted by Gasteiger charge is -2.08. The predicted octanol–water partition coefficient (Wildman–Crippen LogP) is 4.23. The number of ether oxygens (including phenoxy) is 1. The van der Waals surface area contributed by atoms with Crippen molar-refractivity contribution in [2.75, 3.05) is 5.32 Å². The lowest BCUT2D eigenvalue weighted by atomic mass is 10.1. The maximum atomic E-state index is 12.6. The molecule has 3 aromatic rings. The summed E-state index contributed by atoms with van der Waals surface area (Å²) in [5.74, 6) is -1.75. The average molecular weight is 474 g/mol. The summed E-state index contributed by atoms with van der Waals surface area (Å²) in [6, 6.07) is 16.9. The van der Waals surface area contributed by atoms with E-state index in [9.17, 15) is 24.5 Å². The molecular formula is C25H22N4O6. The molecule has 0 heterocycles. The Labute approximate surface area is 200 Å². The van der Waals surface area contributed by atoms with Crippen LogP contribution in [-0.4, -0.2) is 28.9 Å². The predicted molar refractivity (Wildman–Crippen MR) is 130 cm³/mol. The Balaban J connectivity index is 1.77. The van der Waals surface area contributed by atoms with Gasteiger partial charge in [-0.05, 0) is 49.4 Å². The molecule has 0 bridgehead atoms. The van der Waals surface area contributed by atoms with Crippen LogP contribution in [0.4, 0.5) is 11.4 Å². The topological polar surface area (TPSA) is 140 Å². The Bertz CT molecular complexity index is 1300. The van der Waals surface area contributed by atoms with E-state index >= 15 is 0 Å². The lowest BCUT2D eigenvalue weighted by Crippen LogP contribution is -2.18. The molecule has 3 rings (SSSR count). The van der Waals surface area contributed by atoms with Gasteiger partial charge >= 0.3 is 11.7 Å². The minimum Gasteiger partial charge on any atom is -0.415 e. The van der Waals surface area contributed by atoms with Gasteiger partial charge in [0, 0.05) is 29.3 Å². The number of carbonyl (C=O) groups excluding carboxylic acids is 3. The van der Waals surface area contributed by atoms with Crippen LogP contribution in [0.5, 0.6) is 5.75 Å². The van der Waals surface area contributed by atoms with E-state index in [-0.39, 0.29) is 28.3 Å². The van der Waals surface area contributed by atoms with Crippen LogP contribution in [0.25, 0.3) is 0 Å². The molecule has 0 saturated carbocycles. The first-order chi connectivity index (χ1) is 16.8. The molecular weight excluding hydrogens is 452 g/mol. The number of nitrogens with zero attached hydrogens (tertiary/aromatic N) is 2. The molecule has 0 aliphatic heterocycles. The Morgan fingerprint density at radius 3 is 2.40 bits per heavy atom. The van der Waals surface area contributed by atoms with Crippen molar-refractivity contribution >= 4 is 35.4 Å². The molecule has 2 amide bonds. The second-order valence-electron chi connectivity index (χ2n) is 7.39. The largest absolute Gasteiger partial charge is 0.415 e. The SMILES string of the molecule is CCC(=O)Nc1ccc(C(=O)N/N=C/c2cccc([N+](=O)[O-])c2OC(=O)c2cccc(C)c2)cc1. The molecule has 2 N–H and O–H groups in total. The lowest BCUT2D eigenvalue weighted by molar-refractivity contribution is -0.385.